The number of allylic oxidation sites excluding steroid dienone is 1. The zero-order valence-electron chi connectivity index (χ0n) is 6.24. The van der Waals surface area contributed by atoms with Crippen LogP contribution in [-0.4, -0.2) is 14.2 Å². The first kappa shape index (κ1) is 9.89. The number of hydrogen-bond acceptors (Lipinski definition) is 3. The highest BCUT2D eigenvalue weighted by Gasteiger charge is 2.14. The maximum absolute atomic E-state index is 11.2. The normalized spacial score (nSPS) is 12.7. The zero-order chi connectivity index (χ0) is 8.04. The molecule has 0 aliphatic rings. The lowest BCUT2D eigenvalue weighted by Crippen LogP contribution is -1.82. The number of hydrogen-bond donors (Lipinski definition) is 0. The molecule has 0 amide bonds. The Bertz CT molecular complexity index is 145. The lowest BCUT2D eigenvalue weighted by Gasteiger charge is -2.06. The molecule has 1 radical (unpaired) electrons. The van der Waals surface area contributed by atoms with E-state index in [2.05, 4.69) is 16.0 Å². The molecule has 59 valence electrons. The molecular formula is C6H12O3P. The van der Waals surface area contributed by atoms with Crippen molar-refractivity contribution in [3.05, 3.63) is 18.8 Å². The third kappa shape index (κ3) is 3.16. The summed E-state index contributed by atoms with van der Waals surface area (Å²) < 4.78 is 20.4. The average molecular weight is 163 g/mol. The van der Waals surface area contributed by atoms with E-state index < -0.39 is 7.60 Å². The quantitative estimate of drug-likeness (QED) is 0.596. The fourth-order valence-corrected chi connectivity index (χ4v) is 1.20. The van der Waals surface area contributed by atoms with Gasteiger partial charge in [0.25, 0.3) is 0 Å². The van der Waals surface area contributed by atoms with Gasteiger partial charge in [0.1, 0.15) is 0 Å². The summed E-state index contributed by atoms with van der Waals surface area (Å²) in [6.07, 6.45) is 2.23. The van der Waals surface area contributed by atoms with E-state index in [0.717, 1.165) is 0 Å². The minimum absolute atomic E-state index is 0.580. The van der Waals surface area contributed by atoms with Crippen molar-refractivity contribution < 1.29 is 13.6 Å². The van der Waals surface area contributed by atoms with Gasteiger partial charge in [-0.2, -0.15) is 0 Å². The Morgan fingerprint density at radius 1 is 1.50 bits per heavy atom. The highest BCUT2D eigenvalue weighted by atomic mass is 31.2. The average Bonchev–Trinajstić information content (AvgIpc) is 2.00. The molecule has 0 rings (SSSR count). The van der Waals surface area contributed by atoms with Crippen molar-refractivity contribution in [3.63, 3.8) is 0 Å². The Kier molecular flexibility index (Phi) is 4.62. The monoisotopic (exact) mass is 163 g/mol. The van der Waals surface area contributed by atoms with Crippen LogP contribution in [0.25, 0.3) is 0 Å². The summed E-state index contributed by atoms with van der Waals surface area (Å²) >= 11 is 0. The molecule has 10 heavy (non-hydrogen) atoms. The van der Waals surface area contributed by atoms with Gasteiger partial charge >= 0.3 is 7.60 Å². The number of rotatable bonds is 4. The van der Waals surface area contributed by atoms with Crippen molar-refractivity contribution in [3.8, 4) is 0 Å². The fourth-order valence-electron chi connectivity index (χ4n) is 0.400. The fraction of sp³-hybridized carbons (Fsp3) is 0.500. The van der Waals surface area contributed by atoms with Gasteiger partial charge < -0.3 is 9.05 Å². The molecular weight excluding hydrogens is 151 g/mol. The Labute approximate surface area is 61.6 Å². The van der Waals surface area contributed by atoms with Crippen molar-refractivity contribution in [1.29, 1.82) is 0 Å². The second kappa shape index (κ2) is 4.67. The summed E-state index contributed by atoms with van der Waals surface area (Å²) in [7, 11) is -0.228. The Hall–Kier alpha value is -0.110. The molecule has 0 spiro atoms. The van der Waals surface area contributed by atoms with Crippen molar-refractivity contribution in [2.24, 2.45) is 0 Å². The van der Waals surface area contributed by atoms with Crippen molar-refractivity contribution in [2.75, 3.05) is 14.2 Å². The molecule has 0 aromatic carbocycles. The molecule has 0 heterocycles. The molecule has 0 aromatic rings. The van der Waals surface area contributed by atoms with Gasteiger partial charge in [-0.15, -0.1) is 0 Å². The molecule has 0 aliphatic heterocycles. The van der Waals surface area contributed by atoms with Crippen LogP contribution in [0.5, 0.6) is 0 Å². The van der Waals surface area contributed by atoms with Crippen LogP contribution in [0.2, 0.25) is 0 Å². The molecule has 0 fully saturated rings. The molecule has 0 bridgehead atoms. The molecule has 0 saturated heterocycles. The maximum atomic E-state index is 11.2. The minimum atomic E-state index is -2.92. The van der Waals surface area contributed by atoms with Gasteiger partial charge in [0, 0.05) is 20.0 Å². The van der Waals surface area contributed by atoms with Crippen LogP contribution in [0.4, 0.5) is 0 Å². The maximum Gasteiger partial charge on any atom is 0.353 e. The van der Waals surface area contributed by atoms with Gasteiger partial charge in [0.2, 0.25) is 0 Å². The first-order valence-corrected chi connectivity index (χ1v) is 4.48. The Morgan fingerprint density at radius 3 is 2.30 bits per heavy atom. The predicted molar refractivity (Wildman–Crippen MR) is 40.7 cm³/mol. The summed E-state index contributed by atoms with van der Waals surface area (Å²) in [4.78, 5) is 0. The standard InChI is InChI=1S/C6H12O3P/c1-4-5-6-10(7,8-2)9-3/h5-6H,1,4H2,2-3H3/b6-5+. The largest absolute Gasteiger partial charge is 0.353 e. The molecule has 4 heteroatoms. The van der Waals surface area contributed by atoms with Gasteiger partial charge in [-0.1, -0.05) is 6.08 Å². The molecule has 0 saturated carbocycles. The zero-order valence-corrected chi connectivity index (χ0v) is 7.14. The Morgan fingerprint density at radius 2 is 2.00 bits per heavy atom. The van der Waals surface area contributed by atoms with Gasteiger partial charge in [-0.25, -0.2) is 0 Å². The first-order valence-electron chi connectivity index (χ1n) is 2.86. The third-order valence-electron chi connectivity index (χ3n) is 0.964. The van der Waals surface area contributed by atoms with Crippen molar-refractivity contribution in [1.82, 2.24) is 0 Å². The van der Waals surface area contributed by atoms with Crippen LogP contribution in [0.1, 0.15) is 6.42 Å². The van der Waals surface area contributed by atoms with E-state index >= 15 is 0 Å². The summed E-state index contributed by atoms with van der Waals surface area (Å²) in [6, 6.07) is 0. The predicted octanol–water partition coefficient (Wildman–Crippen LogP) is 2.21. The van der Waals surface area contributed by atoms with E-state index in [1.54, 1.807) is 6.08 Å². The molecule has 0 aliphatic carbocycles. The van der Waals surface area contributed by atoms with Crippen LogP contribution >= 0.6 is 7.60 Å². The lowest BCUT2D eigenvalue weighted by atomic mass is 10.5. The van der Waals surface area contributed by atoms with Gasteiger partial charge in [-0.05, 0) is 13.3 Å². The summed E-state index contributed by atoms with van der Waals surface area (Å²) in [5, 5.41) is 0. The van der Waals surface area contributed by atoms with Crippen molar-refractivity contribution in [2.45, 2.75) is 6.42 Å². The van der Waals surface area contributed by atoms with Crippen molar-refractivity contribution >= 4 is 7.60 Å². The molecule has 0 aromatic heterocycles. The van der Waals surface area contributed by atoms with Crippen LogP contribution in [0.15, 0.2) is 11.9 Å². The summed E-state index contributed by atoms with van der Waals surface area (Å²) in [5.74, 6) is 1.40. The highest BCUT2D eigenvalue weighted by Crippen LogP contribution is 2.47. The SMILES string of the molecule is [CH2]C/C=C/P(=O)(OC)OC. The van der Waals surface area contributed by atoms with E-state index in [9.17, 15) is 4.57 Å². The van der Waals surface area contributed by atoms with E-state index in [1.807, 2.05) is 0 Å². The van der Waals surface area contributed by atoms with E-state index in [1.165, 1.54) is 20.0 Å². The molecule has 0 atom stereocenters. The van der Waals surface area contributed by atoms with Crippen LogP contribution in [0, 0.1) is 6.92 Å². The minimum Gasteiger partial charge on any atom is -0.309 e. The highest BCUT2D eigenvalue weighted by molar-refractivity contribution is 7.57. The van der Waals surface area contributed by atoms with E-state index in [0.29, 0.717) is 6.42 Å². The summed E-state index contributed by atoms with van der Waals surface area (Å²) in [6.45, 7) is 3.54. The smallest absolute Gasteiger partial charge is 0.309 e. The second-order valence-electron chi connectivity index (χ2n) is 1.58. The van der Waals surface area contributed by atoms with Crippen LogP contribution in [0.3, 0.4) is 0 Å². The molecule has 3 nitrogen and oxygen atoms in total. The van der Waals surface area contributed by atoms with Gasteiger partial charge in [0.15, 0.2) is 0 Å². The summed E-state index contributed by atoms with van der Waals surface area (Å²) in [5.41, 5.74) is 0. The van der Waals surface area contributed by atoms with E-state index in [4.69, 9.17) is 0 Å². The van der Waals surface area contributed by atoms with Gasteiger partial charge in [-0.3, -0.25) is 4.57 Å². The first-order chi connectivity index (χ1) is 4.68. The lowest BCUT2D eigenvalue weighted by molar-refractivity contribution is 0.286. The van der Waals surface area contributed by atoms with Gasteiger partial charge in [0.05, 0.1) is 0 Å². The Balaban J connectivity index is 4.07. The van der Waals surface area contributed by atoms with E-state index in [-0.39, 0.29) is 0 Å². The molecule has 0 N–H and O–H groups in total. The van der Waals surface area contributed by atoms with Crippen LogP contribution < -0.4 is 0 Å². The topological polar surface area (TPSA) is 35.5 Å². The van der Waals surface area contributed by atoms with Crippen LogP contribution in [-0.2, 0) is 13.6 Å². The molecule has 0 unspecified atom stereocenters. The third-order valence-corrected chi connectivity index (χ3v) is 2.56. The second-order valence-corrected chi connectivity index (χ2v) is 3.69.